The molecule has 8 bridgehead atoms. The first-order valence-electron chi connectivity index (χ1n) is 20.8. The van der Waals surface area contributed by atoms with E-state index >= 15 is 52.7 Å². The molecule has 0 radical (unpaired) electrons. The molecule has 25 heteroatoms. The molecule has 4 aromatic heterocycles. The minimum atomic E-state index is -2.15. The number of hydrogen-bond acceptors (Lipinski definition) is 10. The SMILES string of the molecule is OC[C@@H](O)CNc1c(F)c(F)c(-c2c3nc(c4ccc([nH]4)c(-c4c(F)c(F)c(NC[C@H](O)CO)c(F)c4F)c4ccc([nH]4)c(-c4c(F)c(F)c(NC[C@H](O)CO)c(F)c4F)c4ccc2[nH]4)C=C3)c(F)c1F. The fourth-order valence-electron chi connectivity index (χ4n) is 7.82. The van der Waals surface area contributed by atoms with Crippen LogP contribution in [0.5, 0.6) is 0 Å². The highest BCUT2D eigenvalue weighted by Crippen LogP contribution is 2.44. The molecule has 3 aromatic carbocycles. The van der Waals surface area contributed by atoms with E-state index in [1.807, 2.05) is 16.0 Å². The van der Waals surface area contributed by atoms with Gasteiger partial charge in [0.25, 0.3) is 0 Å². The highest BCUT2D eigenvalue weighted by molar-refractivity contribution is 6.01. The Hall–Kier alpha value is -7.29. The second kappa shape index (κ2) is 19.8. The van der Waals surface area contributed by atoms with Crippen LogP contribution in [-0.2, 0) is 0 Å². The van der Waals surface area contributed by atoms with E-state index in [4.69, 9.17) is 10.2 Å². The summed E-state index contributed by atoms with van der Waals surface area (Å²) in [6, 6.07) is 6.12. The maximum absolute atomic E-state index is 16.5. The van der Waals surface area contributed by atoms with Gasteiger partial charge in [-0.2, -0.15) is 0 Å². The highest BCUT2D eigenvalue weighted by atomic mass is 19.2. The van der Waals surface area contributed by atoms with Gasteiger partial charge in [-0.15, -0.1) is 0 Å². The highest BCUT2D eigenvalue weighted by Gasteiger charge is 2.33. The van der Waals surface area contributed by atoms with Crippen LogP contribution in [0.25, 0.3) is 78.6 Å². The van der Waals surface area contributed by atoms with Crippen molar-refractivity contribution in [3.63, 3.8) is 0 Å². The number of aromatic amines is 3. The van der Waals surface area contributed by atoms with Crippen molar-refractivity contribution in [1.29, 1.82) is 0 Å². The van der Waals surface area contributed by atoms with E-state index in [1.54, 1.807) is 0 Å². The quantitative estimate of drug-likeness (QED) is 0.0356. The zero-order valence-corrected chi connectivity index (χ0v) is 35.8. The Balaban J connectivity index is 1.52. The molecule has 1 aliphatic rings. The number of anilines is 3. The lowest BCUT2D eigenvalue weighted by atomic mass is 10.0. The zero-order chi connectivity index (χ0) is 51.3. The fourth-order valence-corrected chi connectivity index (χ4v) is 7.82. The second-order valence-corrected chi connectivity index (χ2v) is 15.9. The number of rotatable bonds is 15. The summed E-state index contributed by atoms with van der Waals surface area (Å²) in [5.74, 6) is -24.9. The molecule has 374 valence electrons. The van der Waals surface area contributed by atoms with Crippen molar-refractivity contribution in [3.05, 3.63) is 118 Å². The molecule has 0 spiro atoms. The molecule has 3 atom stereocenters. The van der Waals surface area contributed by atoms with Gasteiger partial charge >= 0.3 is 0 Å². The predicted molar refractivity (Wildman–Crippen MR) is 236 cm³/mol. The average Bonchev–Trinajstić information content (AvgIpc) is 4.22. The van der Waals surface area contributed by atoms with Crippen LogP contribution in [0.15, 0.2) is 36.4 Å². The van der Waals surface area contributed by atoms with Crippen molar-refractivity contribution in [1.82, 2.24) is 19.9 Å². The number of aromatic nitrogens is 4. The monoisotopic (exact) mass is 1010 g/mol. The smallest absolute Gasteiger partial charge is 0.185 e. The van der Waals surface area contributed by atoms with E-state index in [1.165, 1.54) is 12.1 Å². The molecule has 1 aliphatic heterocycles. The van der Waals surface area contributed by atoms with Crippen molar-refractivity contribution in [2.24, 2.45) is 0 Å². The van der Waals surface area contributed by atoms with Gasteiger partial charge in [0.15, 0.2) is 69.8 Å². The molecule has 13 nitrogen and oxygen atoms in total. The number of nitrogens with one attached hydrogen (secondary N) is 6. The van der Waals surface area contributed by atoms with Crippen molar-refractivity contribution < 1.29 is 83.3 Å². The lowest BCUT2D eigenvalue weighted by Gasteiger charge is -2.16. The number of hydrogen-bond donors (Lipinski definition) is 12. The Bertz CT molecular complexity index is 3330. The van der Waals surface area contributed by atoms with Gasteiger partial charge in [0.05, 0.1) is 71.7 Å². The summed E-state index contributed by atoms with van der Waals surface area (Å²) in [6.07, 6.45) is -2.70. The summed E-state index contributed by atoms with van der Waals surface area (Å²) in [5.41, 5.74) is -14.6. The number of H-pyrrole nitrogens is 3. The molecule has 0 saturated heterocycles. The van der Waals surface area contributed by atoms with Crippen molar-refractivity contribution in [2.45, 2.75) is 18.3 Å². The van der Waals surface area contributed by atoms with Gasteiger partial charge in [-0.1, -0.05) is 0 Å². The number of nitrogens with zero attached hydrogens (tertiary/aromatic N) is 1. The number of aliphatic hydroxyl groups excluding tert-OH is 6. The van der Waals surface area contributed by atoms with Crippen molar-refractivity contribution >= 4 is 62.3 Å². The normalized spacial score (nSPS) is 13.3. The maximum atomic E-state index is 16.5. The Morgan fingerprint density at radius 3 is 0.915 bits per heavy atom. The largest absolute Gasteiger partial charge is 0.394 e. The molecule has 0 amide bonds. The molecule has 0 unspecified atom stereocenters. The first-order chi connectivity index (χ1) is 33.8. The van der Waals surface area contributed by atoms with E-state index in [-0.39, 0.29) is 11.2 Å². The standard InChI is InChI=1S/C46H35F12N7O6/c47-32-29(33(48)39(54)44(38(32)53)59-9-15(69)12-66)26-20-3-1-18(62-20)19-2-4-21(63-19)27(30-34(49)40(55)45(41(56)35(30)50)60-10-16(70)13-67)23-6-8-25(65-23)28(24-7-5-22(26)64-24)31-36(51)42(57)46(43(58)37(31)52)61-11-17(71)14-68/h1-8,15-17,59-62,64-71H,9-14H2/t15-,16-,17-/m0/s1. The molecular formula is C46H35F12N7O6. The lowest BCUT2D eigenvalue weighted by Crippen LogP contribution is -2.24. The molecule has 0 saturated carbocycles. The minimum Gasteiger partial charge on any atom is -0.394 e. The van der Waals surface area contributed by atoms with Gasteiger partial charge in [0.2, 0.25) is 0 Å². The van der Waals surface area contributed by atoms with E-state index in [2.05, 4.69) is 19.9 Å². The fraction of sp³-hybridized carbons (Fsp3) is 0.196. The Labute approximate surface area is 389 Å². The zero-order valence-electron chi connectivity index (χ0n) is 35.8. The summed E-state index contributed by atoms with van der Waals surface area (Å²) in [6.45, 7) is -5.19. The average molecular weight is 1010 g/mol. The Morgan fingerprint density at radius 1 is 0.352 bits per heavy atom. The molecule has 71 heavy (non-hydrogen) atoms. The molecule has 5 heterocycles. The van der Waals surface area contributed by atoms with Crippen LogP contribution in [0.2, 0.25) is 0 Å². The van der Waals surface area contributed by atoms with Crippen molar-refractivity contribution in [3.8, 4) is 33.4 Å². The van der Waals surface area contributed by atoms with E-state index < -0.39 is 211 Å². The van der Waals surface area contributed by atoms with Crippen LogP contribution in [0, 0.1) is 69.8 Å². The van der Waals surface area contributed by atoms with Crippen LogP contribution in [0.3, 0.4) is 0 Å². The van der Waals surface area contributed by atoms with Gasteiger partial charge in [-0.05, 0) is 48.6 Å². The van der Waals surface area contributed by atoms with Gasteiger partial charge in [0, 0.05) is 63.9 Å². The van der Waals surface area contributed by atoms with E-state index in [0.29, 0.717) is 0 Å². The van der Waals surface area contributed by atoms with Crippen LogP contribution in [0.4, 0.5) is 69.7 Å². The first-order valence-corrected chi connectivity index (χ1v) is 20.8. The van der Waals surface area contributed by atoms with Crippen LogP contribution >= 0.6 is 0 Å². The van der Waals surface area contributed by atoms with Gasteiger partial charge in [0.1, 0.15) is 17.1 Å². The van der Waals surface area contributed by atoms with Gasteiger partial charge in [-0.3, -0.25) is 0 Å². The maximum Gasteiger partial charge on any atom is 0.185 e. The second-order valence-electron chi connectivity index (χ2n) is 15.9. The molecule has 7 aromatic rings. The summed E-state index contributed by atoms with van der Waals surface area (Å²) in [5, 5.41) is 62.6. The Kier molecular flexibility index (Phi) is 14.0. The van der Waals surface area contributed by atoms with Crippen LogP contribution < -0.4 is 16.0 Å². The third-order valence-electron chi connectivity index (χ3n) is 11.3. The summed E-state index contributed by atoms with van der Waals surface area (Å²) >= 11 is 0. The summed E-state index contributed by atoms with van der Waals surface area (Å²) in [4.78, 5) is 12.3. The van der Waals surface area contributed by atoms with Crippen molar-refractivity contribution in [2.75, 3.05) is 55.4 Å². The van der Waals surface area contributed by atoms with Gasteiger partial charge in [-0.25, -0.2) is 57.7 Å². The molecule has 0 aliphatic carbocycles. The number of fused-ring (bicyclic) bond motifs is 9. The predicted octanol–water partition coefficient (Wildman–Crippen LogP) is 7.66. The molecule has 8 rings (SSSR count). The Morgan fingerprint density at radius 2 is 0.606 bits per heavy atom. The minimum absolute atomic E-state index is 0.0854. The summed E-state index contributed by atoms with van der Waals surface area (Å²) < 4.78 is 194. The number of aliphatic hydroxyl groups is 6. The molecule has 0 fully saturated rings. The van der Waals surface area contributed by atoms with Gasteiger partial charge < -0.3 is 61.5 Å². The lowest BCUT2D eigenvalue weighted by molar-refractivity contribution is 0.105. The molecule has 12 N–H and O–H groups in total. The van der Waals surface area contributed by atoms with E-state index in [0.717, 1.165) is 36.4 Å². The number of halogens is 12. The van der Waals surface area contributed by atoms with Crippen LogP contribution in [0.1, 0.15) is 11.4 Å². The third kappa shape index (κ3) is 8.84. The molecular weight excluding hydrogens is 975 g/mol. The van der Waals surface area contributed by atoms with Crippen LogP contribution in [-0.4, -0.2) is 108 Å². The third-order valence-corrected chi connectivity index (χ3v) is 11.3. The first kappa shape index (κ1) is 50.1. The topological polar surface area (TPSA) is 218 Å². The summed E-state index contributed by atoms with van der Waals surface area (Å²) in [7, 11) is 0. The number of benzene rings is 3. The van der Waals surface area contributed by atoms with E-state index in [9.17, 15) is 20.4 Å².